The number of hydrogen-bond donors (Lipinski definition) is 2. The molecule has 1 aliphatic rings. The number of H-pyrrole nitrogens is 1. The molecule has 7 heteroatoms. The SMILES string of the molecule is CC1CCCCC1OCC(=O)NCCc1n[nH]c(=S)n1C. The molecular weight excluding hydrogens is 288 g/mol. The maximum Gasteiger partial charge on any atom is 0.246 e. The summed E-state index contributed by atoms with van der Waals surface area (Å²) < 4.78 is 8.13. The summed E-state index contributed by atoms with van der Waals surface area (Å²) in [7, 11) is 1.86. The number of amides is 1. The van der Waals surface area contributed by atoms with Crippen LogP contribution in [-0.4, -0.2) is 39.9 Å². The van der Waals surface area contributed by atoms with Gasteiger partial charge in [0, 0.05) is 20.0 Å². The van der Waals surface area contributed by atoms with E-state index in [1.165, 1.54) is 19.3 Å². The highest BCUT2D eigenvalue weighted by Gasteiger charge is 2.22. The number of ether oxygens (including phenoxy) is 1. The van der Waals surface area contributed by atoms with E-state index in [4.69, 9.17) is 17.0 Å². The lowest BCUT2D eigenvalue weighted by Crippen LogP contribution is -2.34. The van der Waals surface area contributed by atoms with E-state index in [1.54, 1.807) is 0 Å². The fourth-order valence-corrected chi connectivity index (χ4v) is 2.83. The van der Waals surface area contributed by atoms with Gasteiger partial charge in [-0.3, -0.25) is 9.89 Å². The van der Waals surface area contributed by atoms with Gasteiger partial charge in [0.25, 0.3) is 0 Å². The third kappa shape index (κ3) is 4.64. The van der Waals surface area contributed by atoms with Crippen molar-refractivity contribution in [1.29, 1.82) is 0 Å². The van der Waals surface area contributed by atoms with Gasteiger partial charge < -0.3 is 14.6 Å². The Hall–Kier alpha value is -1.21. The number of carbonyl (C=O) groups is 1. The molecule has 1 saturated carbocycles. The highest BCUT2D eigenvalue weighted by atomic mass is 32.1. The normalized spacial score (nSPS) is 22.2. The molecule has 2 N–H and O–H groups in total. The smallest absolute Gasteiger partial charge is 0.246 e. The van der Waals surface area contributed by atoms with E-state index in [9.17, 15) is 4.79 Å². The second kappa shape index (κ2) is 7.70. The van der Waals surface area contributed by atoms with Gasteiger partial charge in [-0.2, -0.15) is 5.10 Å². The molecule has 0 radical (unpaired) electrons. The van der Waals surface area contributed by atoms with Crippen molar-refractivity contribution in [2.45, 2.75) is 45.1 Å². The summed E-state index contributed by atoms with van der Waals surface area (Å²) in [5.74, 6) is 1.33. The number of hydrogen-bond acceptors (Lipinski definition) is 4. The van der Waals surface area contributed by atoms with Gasteiger partial charge in [-0.1, -0.05) is 19.8 Å². The van der Waals surface area contributed by atoms with E-state index in [0.717, 1.165) is 12.2 Å². The maximum absolute atomic E-state index is 11.8. The summed E-state index contributed by atoms with van der Waals surface area (Å²) in [4.78, 5) is 11.8. The van der Waals surface area contributed by atoms with Crippen LogP contribution in [0.5, 0.6) is 0 Å². The number of nitrogens with one attached hydrogen (secondary N) is 2. The van der Waals surface area contributed by atoms with Gasteiger partial charge in [0.15, 0.2) is 4.77 Å². The summed E-state index contributed by atoms with van der Waals surface area (Å²) in [5.41, 5.74) is 0. The summed E-state index contributed by atoms with van der Waals surface area (Å²) in [6.07, 6.45) is 5.63. The Morgan fingerprint density at radius 1 is 1.52 bits per heavy atom. The summed E-state index contributed by atoms with van der Waals surface area (Å²) in [6, 6.07) is 0. The van der Waals surface area contributed by atoms with Crippen LogP contribution < -0.4 is 5.32 Å². The molecular formula is C14H24N4O2S. The van der Waals surface area contributed by atoms with Gasteiger partial charge in [-0.05, 0) is 31.0 Å². The summed E-state index contributed by atoms with van der Waals surface area (Å²) in [5, 5.41) is 9.69. The molecule has 118 valence electrons. The predicted octanol–water partition coefficient (Wildman–Crippen LogP) is 1.73. The first-order valence-corrected chi connectivity index (χ1v) is 7.97. The van der Waals surface area contributed by atoms with E-state index in [2.05, 4.69) is 22.4 Å². The first-order valence-electron chi connectivity index (χ1n) is 7.56. The van der Waals surface area contributed by atoms with Crippen LogP contribution in [0.1, 0.15) is 38.4 Å². The third-order valence-electron chi connectivity index (χ3n) is 4.10. The Balaban J connectivity index is 1.65. The number of aromatic nitrogens is 3. The van der Waals surface area contributed by atoms with Crippen molar-refractivity contribution in [3.63, 3.8) is 0 Å². The minimum absolute atomic E-state index is 0.0652. The highest BCUT2D eigenvalue weighted by Crippen LogP contribution is 2.25. The molecule has 0 bridgehead atoms. The molecule has 0 saturated heterocycles. The second-order valence-electron chi connectivity index (χ2n) is 5.72. The topological polar surface area (TPSA) is 71.9 Å². The molecule has 6 nitrogen and oxygen atoms in total. The molecule has 2 unspecified atom stereocenters. The summed E-state index contributed by atoms with van der Waals surface area (Å²) >= 11 is 5.04. The lowest BCUT2D eigenvalue weighted by Gasteiger charge is -2.28. The molecule has 1 aliphatic carbocycles. The van der Waals surface area contributed by atoms with Crippen LogP contribution in [0.3, 0.4) is 0 Å². The number of rotatable bonds is 6. The Morgan fingerprint density at radius 3 is 2.95 bits per heavy atom. The van der Waals surface area contributed by atoms with Crippen molar-refractivity contribution >= 4 is 18.1 Å². The van der Waals surface area contributed by atoms with E-state index in [-0.39, 0.29) is 18.6 Å². The van der Waals surface area contributed by atoms with Crippen molar-refractivity contribution in [3.05, 3.63) is 10.6 Å². The third-order valence-corrected chi connectivity index (χ3v) is 4.47. The molecule has 0 aliphatic heterocycles. The Kier molecular flexibility index (Phi) is 5.93. The average molecular weight is 312 g/mol. The van der Waals surface area contributed by atoms with Crippen molar-refractivity contribution < 1.29 is 9.53 Å². The average Bonchev–Trinajstić information content (AvgIpc) is 2.78. The molecule has 21 heavy (non-hydrogen) atoms. The number of aromatic amines is 1. The number of nitrogens with zero attached hydrogens (tertiary/aromatic N) is 2. The molecule has 2 atom stereocenters. The van der Waals surface area contributed by atoms with Crippen LogP contribution >= 0.6 is 12.2 Å². The van der Waals surface area contributed by atoms with Crippen LogP contribution in [0.2, 0.25) is 0 Å². The largest absolute Gasteiger partial charge is 0.368 e. The molecule has 1 aromatic heterocycles. The van der Waals surface area contributed by atoms with E-state index < -0.39 is 0 Å². The molecule has 2 rings (SSSR count). The minimum Gasteiger partial charge on any atom is -0.368 e. The van der Waals surface area contributed by atoms with Crippen molar-refractivity contribution in [1.82, 2.24) is 20.1 Å². The molecule has 0 spiro atoms. The highest BCUT2D eigenvalue weighted by molar-refractivity contribution is 7.71. The zero-order valence-corrected chi connectivity index (χ0v) is 13.5. The molecule has 0 aromatic carbocycles. The van der Waals surface area contributed by atoms with Gasteiger partial charge in [0.2, 0.25) is 5.91 Å². The fraction of sp³-hybridized carbons (Fsp3) is 0.786. The maximum atomic E-state index is 11.8. The number of carbonyl (C=O) groups excluding carboxylic acids is 1. The van der Waals surface area contributed by atoms with Crippen molar-refractivity contribution in [2.24, 2.45) is 13.0 Å². The monoisotopic (exact) mass is 312 g/mol. The van der Waals surface area contributed by atoms with Crippen molar-refractivity contribution in [2.75, 3.05) is 13.2 Å². The van der Waals surface area contributed by atoms with Crippen LogP contribution in [0.15, 0.2) is 0 Å². The van der Waals surface area contributed by atoms with Crippen molar-refractivity contribution in [3.8, 4) is 0 Å². The van der Waals surface area contributed by atoms with E-state index in [1.807, 2.05) is 11.6 Å². The fourth-order valence-electron chi connectivity index (χ4n) is 2.68. The minimum atomic E-state index is -0.0652. The Bertz CT molecular complexity index is 525. The first kappa shape index (κ1) is 16.2. The van der Waals surface area contributed by atoms with Gasteiger partial charge in [-0.25, -0.2) is 0 Å². The lowest BCUT2D eigenvalue weighted by molar-refractivity contribution is -0.129. The zero-order chi connectivity index (χ0) is 15.2. The first-order chi connectivity index (χ1) is 10.1. The van der Waals surface area contributed by atoms with Gasteiger partial charge in [0.1, 0.15) is 12.4 Å². The van der Waals surface area contributed by atoms with E-state index in [0.29, 0.717) is 23.7 Å². The van der Waals surface area contributed by atoms with Crippen LogP contribution in [0, 0.1) is 10.7 Å². The Morgan fingerprint density at radius 2 is 2.29 bits per heavy atom. The van der Waals surface area contributed by atoms with Gasteiger partial charge in [-0.15, -0.1) is 0 Å². The molecule has 1 aromatic rings. The standard InChI is InChI=1S/C14H24N4O2S/c1-10-5-3-4-6-11(10)20-9-13(19)15-8-7-12-16-17-14(21)18(12)2/h10-11H,3-9H2,1-2H3,(H,15,19)(H,17,21). The van der Waals surface area contributed by atoms with Gasteiger partial charge in [0.05, 0.1) is 6.10 Å². The van der Waals surface area contributed by atoms with Gasteiger partial charge >= 0.3 is 0 Å². The summed E-state index contributed by atoms with van der Waals surface area (Å²) in [6.45, 7) is 2.88. The van der Waals surface area contributed by atoms with Crippen LogP contribution in [0.25, 0.3) is 0 Å². The molecule has 1 heterocycles. The molecule has 1 fully saturated rings. The second-order valence-corrected chi connectivity index (χ2v) is 6.10. The van der Waals surface area contributed by atoms with Crippen LogP contribution in [-0.2, 0) is 23.0 Å². The quantitative estimate of drug-likeness (QED) is 0.785. The Labute approximate surface area is 130 Å². The molecule has 1 amide bonds. The van der Waals surface area contributed by atoms with E-state index >= 15 is 0 Å². The lowest BCUT2D eigenvalue weighted by atomic mass is 9.88. The zero-order valence-electron chi connectivity index (χ0n) is 12.7. The van der Waals surface area contributed by atoms with Crippen LogP contribution in [0.4, 0.5) is 0 Å². The predicted molar refractivity (Wildman–Crippen MR) is 82.5 cm³/mol.